The van der Waals surface area contributed by atoms with Crippen LogP contribution in [0.2, 0.25) is 0 Å². The molecule has 2 N–H and O–H groups in total. The van der Waals surface area contributed by atoms with Gasteiger partial charge in [-0.1, -0.05) is 12.1 Å². The monoisotopic (exact) mass is 378 g/mol. The number of hydrogen-bond acceptors (Lipinski definition) is 6. The van der Waals surface area contributed by atoms with Crippen LogP contribution in [0.25, 0.3) is 22.4 Å². The van der Waals surface area contributed by atoms with Crippen LogP contribution < -0.4 is 19.5 Å². The summed E-state index contributed by atoms with van der Waals surface area (Å²) in [5, 5.41) is 13.8. The molecule has 0 amide bonds. The van der Waals surface area contributed by atoms with E-state index in [9.17, 15) is 5.11 Å². The Morgan fingerprint density at radius 3 is 2.68 bits per heavy atom. The lowest BCUT2D eigenvalue weighted by atomic mass is 10.0. The predicted octanol–water partition coefficient (Wildman–Crippen LogP) is 4.68. The predicted molar refractivity (Wildman–Crippen MR) is 108 cm³/mol. The number of aromatic hydroxyl groups is 1. The summed E-state index contributed by atoms with van der Waals surface area (Å²) in [5.41, 5.74) is 3.11. The van der Waals surface area contributed by atoms with Crippen LogP contribution in [0.5, 0.6) is 23.0 Å². The first-order valence-electron chi connectivity index (χ1n) is 9.10. The molecule has 1 aliphatic rings. The molecule has 0 saturated heterocycles. The van der Waals surface area contributed by atoms with Gasteiger partial charge in [0.1, 0.15) is 17.3 Å². The minimum atomic E-state index is 0.109. The van der Waals surface area contributed by atoms with Gasteiger partial charge in [0.15, 0.2) is 11.5 Å². The second kappa shape index (κ2) is 7.31. The number of phenolic OH excluding ortho intramolecular Hbond substituents is 1. The van der Waals surface area contributed by atoms with Crippen LogP contribution in [0.3, 0.4) is 0 Å². The van der Waals surface area contributed by atoms with E-state index in [1.54, 1.807) is 25.3 Å². The van der Waals surface area contributed by atoms with E-state index in [2.05, 4.69) is 19.2 Å². The second-order valence-corrected chi connectivity index (χ2v) is 6.85. The maximum Gasteiger partial charge on any atom is 0.231 e. The van der Waals surface area contributed by atoms with Crippen molar-refractivity contribution in [3.05, 3.63) is 48.5 Å². The summed E-state index contributed by atoms with van der Waals surface area (Å²) in [5.74, 6) is 2.85. The summed E-state index contributed by atoms with van der Waals surface area (Å²) < 4.78 is 16.4. The number of anilines is 1. The van der Waals surface area contributed by atoms with Crippen molar-refractivity contribution in [1.82, 2.24) is 4.98 Å². The zero-order valence-corrected chi connectivity index (χ0v) is 16.0. The third kappa shape index (κ3) is 3.41. The smallest absolute Gasteiger partial charge is 0.231 e. The van der Waals surface area contributed by atoms with Gasteiger partial charge in [0.2, 0.25) is 6.79 Å². The molecule has 0 atom stereocenters. The number of fused-ring (bicyclic) bond motifs is 1. The SMILES string of the molecule is COc1ccc(-c2cc(-c3cccc4c3OCO4)cc(NC(C)C)n2)c(O)c1. The molecule has 0 saturated carbocycles. The van der Waals surface area contributed by atoms with Crippen molar-refractivity contribution in [2.75, 3.05) is 19.2 Å². The molecular formula is C22H22N2O4. The van der Waals surface area contributed by atoms with E-state index in [1.807, 2.05) is 30.3 Å². The average molecular weight is 378 g/mol. The fraction of sp³-hybridized carbons (Fsp3) is 0.227. The van der Waals surface area contributed by atoms with Gasteiger partial charge in [0.05, 0.1) is 12.8 Å². The summed E-state index contributed by atoms with van der Waals surface area (Å²) in [6.07, 6.45) is 0. The number of phenols is 1. The highest BCUT2D eigenvalue weighted by Gasteiger charge is 2.20. The molecule has 0 aliphatic carbocycles. The van der Waals surface area contributed by atoms with Gasteiger partial charge in [-0.05, 0) is 49.7 Å². The number of pyridine rings is 1. The Morgan fingerprint density at radius 1 is 1.07 bits per heavy atom. The molecule has 144 valence electrons. The summed E-state index contributed by atoms with van der Waals surface area (Å²) in [4.78, 5) is 4.70. The zero-order chi connectivity index (χ0) is 19.7. The normalized spacial score (nSPS) is 12.3. The minimum Gasteiger partial charge on any atom is -0.507 e. The lowest BCUT2D eigenvalue weighted by Crippen LogP contribution is -2.11. The number of nitrogens with zero attached hydrogens (tertiary/aromatic N) is 1. The van der Waals surface area contributed by atoms with Crippen molar-refractivity contribution < 1.29 is 19.3 Å². The van der Waals surface area contributed by atoms with Gasteiger partial charge in [-0.25, -0.2) is 4.98 Å². The number of methoxy groups -OCH3 is 1. The lowest BCUT2D eigenvalue weighted by Gasteiger charge is -2.15. The van der Waals surface area contributed by atoms with Crippen LogP contribution in [0.1, 0.15) is 13.8 Å². The molecule has 3 aromatic rings. The summed E-state index contributed by atoms with van der Waals surface area (Å²) in [6, 6.07) is 15.1. The fourth-order valence-electron chi connectivity index (χ4n) is 3.21. The zero-order valence-electron chi connectivity index (χ0n) is 16.0. The van der Waals surface area contributed by atoms with Crippen molar-refractivity contribution >= 4 is 5.82 Å². The van der Waals surface area contributed by atoms with Crippen LogP contribution in [-0.4, -0.2) is 30.0 Å². The first-order chi connectivity index (χ1) is 13.5. The van der Waals surface area contributed by atoms with Gasteiger partial charge >= 0.3 is 0 Å². The van der Waals surface area contributed by atoms with E-state index in [1.165, 1.54) is 0 Å². The Bertz CT molecular complexity index is 1020. The Balaban J connectivity index is 1.86. The van der Waals surface area contributed by atoms with Crippen LogP contribution in [0, 0.1) is 0 Å². The van der Waals surface area contributed by atoms with E-state index in [0.717, 1.165) is 16.9 Å². The first-order valence-corrected chi connectivity index (χ1v) is 9.10. The Morgan fingerprint density at radius 2 is 1.93 bits per heavy atom. The third-order valence-corrected chi connectivity index (χ3v) is 4.45. The number of para-hydroxylation sites is 1. The van der Waals surface area contributed by atoms with E-state index < -0.39 is 0 Å². The number of benzene rings is 2. The molecule has 1 aromatic heterocycles. The third-order valence-electron chi connectivity index (χ3n) is 4.45. The van der Waals surface area contributed by atoms with E-state index in [4.69, 9.17) is 19.2 Å². The van der Waals surface area contributed by atoms with Crippen LogP contribution >= 0.6 is 0 Å². The molecule has 4 rings (SSSR count). The Kier molecular flexibility index (Phi) is 4.69. The van der Waals surface area contributed by atoms with Gasteiger partial charge in [-0.2, -0.15) is 0 Å². The molecule has 0 unspecified atom stereocenters. The fourth-order valence-corrected chi connectivity index (χ4v) is 3.21. The topological polar surface area (TPSA) is 72.8 Å². The highest BCUT2D eigenvalue weighted by Crippen LogP contribution is 2.43. The van der Waals surface area contributed by atoms with Crippen molar-refractivity contribution in [3.8, 4) is 45.4 Å². The number of nitrogens with one attached hydrogen (secondary N) is 1. The molecule has 1 aliphatic heterocycles. The van der Waals surface area contributed by atoms with Gasteiger partial charge in [0, 0.05) is 23.2 Å². The lowest BCUT2D eigenvalue weighted by molar-refractivity contribution is 0.174. The van der Waals surface area contributed by atoms with Crippen molar-refractivity contribution in [2.24, 2.45) is 0 Å². The second-order valence-electron chi connectivity index (χ2n) is 6.85. The minimum absolute atomic E-state index is 0.109. The maximum absolute atomic E-state index is 10.5. The highest BCUT2D eigenvalue weighted by molar-refractivity contribution is 5.81. The van der Waals surface area contributed by atoms with E-state index >= 15 is 0 Å². The molecular weight excluding hydrogens is 356 g/mol. The first kappa shape index (κ1) is 18.0. The number of hydrogen-bond donors (Lipinski definition) is 2. The quantitative estimate of drug-likeness (QED) is 0.672. The summed E-state index contributed by atoms with van der Waals surface area (Å²) in [7, 11) is 1.57. The Labute approximate surface area is 163 Å². The van der Waals surface area contributed by atoms with Crippen LogP contribution in [-0.2, 0) is 0 Å². The average Bonchev–Trinajstić information content (AvgIpc) is 3.15. The molecule has 0 bridgehead atoms. The molecule has 0 fully saturated rings. The molecule has 2 heterocycles. The van der Waals surface area contributed by atoms with Gasteiger partial charge in [0.25, 0.3) is 0 Å². The molecule has 28 heavy (non-hydrogen) atoms. The highest BCUT2D eigenvalue weighted by atomic mass is 16.7. The Hall–Kier alpha value is -3.41. The van der Waals surface area contributed by atoms with Gasteiger partial charge in [-0.3, -0.25) is 0 Å². The largest absolute Gasteiger partial charge is 0.507 e. The van der Waals surface area contributed by atoms with Crippen molar-refractivity contribution in [1.29, 1.82) is 0 Å². The maximum atomic E-state index is 10.5. The van der Waals surface area contributed by atoms with E-state index in [-0.39, 0.29) is 18.6 Å². The van der Waals surface area contributed by atoms with Crippen LogP contribution in [0.15, 0.2) is 48.5 Å². The molecule has 6 heteroatoms. The van der Waals surface area contributed by atoms with E-state index in [0.29, 0.717) is 28.6 Å². The molecule has 6 nitrogen and oxygen atoms in total. The summed E-state index contributed by atoms with van der Waals surface area (Å²) >= 11 is 0. The van der Waals surface area contributed by atoms with Crippen molar-refractivity contribution in [2.45, 2.75) is 19.9 Å². The van der Waals surface area contributed by atoms with Gasteiger partial charge < -0.3 is 24.6 Å². The van der Waals surface area contributed by atoms with Crippen molar-refractivity contribution in [3.63, 3.8) is 0 Å². The molecule has 0 spiro atoms. The standard InChI is InChI=1S/C22H22N2O4/c1-13(2)23-21-10-14(16-5-4-6-20-22(16)28-12-27-20)9-18(24-21)17-8-7-15(26-3)11-19(17)25/h4-11,13,25H,12H2,1-3H3,(H,23,24). The van der Waals surface area contributed by atoms with Crippen LogP contribution in [0.4, 0.5) is 5.82 Å². The van der Waals surface area contributed by atoms with Gasteiger partial charge in [-0.15, -0.1) is 0 Å². The molecule has 2 aromatic carbocycles. The number of rotatable bonds is 5. The number of aromatic nitrogens is 1. The molecule has 0 radical (unpaired) electrons. The summed E-state index contributed by atoms with van der Waals surface area (Å²) in [6.45, 7) is 4.31. The number of ether oxygens (including phenoxy) is 3.